The predicted molar refractivity (Wildman–Crippen MR) is 89.8 cm³/mol. The first-order valence-corrected chi connectivity index (χ1v) is 9.07. The lowest BCUT2D eigenvalue weighted by molar-refractivity contribution is -0.131. The molecule has 4 heteroatoms. The van der Waals surface area contributed by atoms with E-state index in [0.29, 0.717) is 23.5 Å². The summed E-state index contributed by atoms with van der Waals surface area (Å²) in [6.07, 6.45) is 3.64. The van der Waals surface area contributed by atoms with E-state index in [1.54, 1.807) is 0 Å². The predicted octanol–water partition coefficient (Wildman–Crippen LogP) is 2.80. The molecular formula is C20H26O4. The van der Waals surface area contributed by atoms with Crippen LogP contribution in [0.4, 0.5) is 0 Å². The molecule has 3 aliphatic carbocycles. The van der Waals surface area contributed by atoms with Gasteiger partial charge in [-0.25, -0.2) is 0 Å². The third-order valence-electron chi connectivity index (χ3n) is 6.93. The van der Waals surface area contributed by atoms with Gasteiger partial charge in [0.15, 0.2) is 0 Å². The molecule has 2 saturated carbocycles. The second kappa shape index (κ2) is 5.57. The van der Waals surface area contributed by atoms with Crippen molar-refractivity contribution in [2.75, 3.05) is 0 Å². The van der Waals surface area contributed by atoms with E-state index in [4.69, 9.17) is 4.74 Å². The van der Waals surface area contributed by atoms with Crippen molar-refractivity contribution in [3.05, 3.63) is 29.3 Å². The molecule has 0 heterocycles. The van der Waals surface area contributed by atoms with Crippen LogP contribution < -0.4 is 4.74 Å². The quantitative estimate of drug-likeness (QED) is 0.614. The van der Waals surface area contributed by atoms with Crippen molar-refractivity contribution in [1.82, 2.24) is 0 Å². The number of carbonyl (C=O) groups excluding carboxylic acids is 1. The Morgan fingerprint density at radius 2 is 2.08 bits per heavy atom. The Labute approximate surface area is 142 Å². The van der Waals surface area contributed by atoms with Gasteiger partial charge in [0.2, 0.25) is 0 Å². The maximum absolute atomic E-state index is 11.2. The van der Waals surface area contributed by atoms with Crippen molar-refractivity contribution in [3.8, 4) is 5.75 Å². The molecule has 0 saturated heterocycles. The summed E-state index contributed by atoms with van der Waals surface area (Å²) in [6, 6.07) is 6.03. The van der Waals surface area contributed by atoms with Crippen LogP contribution in [0.25, 0.3) is 0 Å². The molecule has 0 aliphatic heterocycles. The number of fused-ring (bicyclic) bond motifs is 5. The van der Waals surface area contributed by atoms with Crippen molar-refractivity contribution < 1.29 is 19.7 Å². The molecule has 0 amide bonds. The van der Waals surface area contributed by atoms with Crippen LogP contribution in [0, 0.1) is 17.3 Å². The van der Waals surface area contributed by atoms with Crippen LogP contribution in [0.15, 0.2) is 18.2 Å². The zero-order valence-electron chi connectivity index (χ0n) is 14.4. The second-order valence-corrected chi connectivity index (χ2v) is 8.16. The van der Waals surface area contributed by atoms with Gasteiger partial charge in [-0.05, 0) is 78.5 Å². The molecule has 0 bridgehead atoms. The Kier molecular flexibility index (Phi) is 3.73. The number of hydrogen-bond donors (Lipinski definition) is 2. The van der Waals surface area contributed by atoms with E-state index in [2.05, 4.69) is 13.0 Å². The number of hydrogen-bond acceptors (Lipinski definition) is 4. The smallest absolute Gasteiger partial charge is 0.308 e. The Hall–Kier alpha value is -1.39. The topological polar surface area (TPSA) is 66.8 Å². The van der Waals surface area contributed by atoms with Crippen LogP contribution in [0.5, 0.6) is 5.75 Å². The molecule has 2 fully saturated rings. The van der Waals surface area contributed by atoms with Gasteiger partial charge in [-0.3, -0.25) is 4.79 Å². The number of benzene rings is 1. The number of esters is 1. The standard InChI is InChI=1S/C20H26O4/c1-11(21)24-13-4-6-14-12(9-13)3-5-16-15(14)7-8-20(2)17(16)10-18(22)19(20)23/h4,6,9,15-19,22-23H,3,5,7-8,10H2,1-2H3/t15-,16-,17+,18?,19+,20+/m1/s1. The Balaban J connectivity index is 1.64. The zero-order chi connectivity index (χ0) is 17.1. The molecule has 0 aromatic heterocycles. The van der Waals surface area contributed by atoms with Crippen molar-refractivity contribution in [2.24, 2.45) is 17.3 Å². The fourth-order valence-electron chi connectivity index (χ4n) is 5.78. The molecule has 1 unspecified atom stereocenters. The van der Waals surface area contributed by atoms with Gasteiger partial charge in [-0.1, -0.05) is 13.0 Å². The molecule has 6 atom stereocenters. The highest BCUT2D eigenvalue weighted by atomic mass is 16.5. The fraction of sp³-hybridized carbons (Fsp3) is 0.650. The maximum Gasteiger partial charge on any atom is 0.308 e. The molecule has 24 heavy (non-hydrogen) atoms. The average molecular weight is 330 g/mol. The summed E-state index contributed by atoms with van der Waals surface area (Å²) in [5.74, 6) is 1.76. The van der Waals surface area contributed by atoms with Crippen LogP contribution in [-0.4, -0.2) is 28.4 Å². The van der Waals surface area contributed by atoms with E-state index in [1.165, 1.54) is 18.1 Å². The monoisotopic (exact) mass is 330 g/mol. The van der Waals surface area contributed by atoms with Crippen LogP contribution in [0.1, 0.15) is 56.6 Å². The first-order chi connectivity index (χ1) is 11.4. The van der Waals surface area contributed by atoms with E-state index < -0.39 is 12.2 Å². The first kappa shape index (κ1) is 16.1. The summed E-state index contributed by atoms with van der Waals surface area (Å²) in [5.41, 5.74) is 2.52. The molecule has 1 aromatic rings. The Morgan fingerprint density at radius 3 is 2.83 bits per heavy atom. The van der Waals surface area contributed by atoms with Crippen molar-refractivity contribution >= 4 is 5.97 Å². The van der Waals surface area contributed by atoms with Crippen molar-refractivity contribution in [1.29, 1.82) is 0 Å². The van der Waals surface area contributed by atoms with Gasteiger partial charge in [0.05, 0.1) is 12.2 Å². The number of aliphatic hydroxyl groups is 2. The lowest BCUT2D eigenvalue weighted by Crippen LogP contribution is -2.44. The summed E-state index contributed by atoms with van der Waals surface area (Å²) < 4.78 is 5.22. The third-order valence-corrected chi connectivity index (χ3v) is 6.93. The van der Waals surface area contributed by atoms with E-state index in [1.807, 2.05) is 12.1 Å². The van der Waals surface area contributed by atoms with Crippen LogP contribution in [-0.2, 0) is 11.2 Å². The normalized spacial score (nSPS) is 40.4. The lowest BCUT2D eigenvalue weighted by atomic mass is 9.55. The Bertz CT molecular complexity index is 670. The molecule has 3 aliphatic rings. The highest BCUT2D eigenvalue weighted by Crippen LogP contribution is 2.60. The largest absolute Gasteiger partial charge is 0.427 e. The van der Waals surface area contributed by atoms with Gasteiger partial charge in [-0.2, -0.15) is 0 Å². The molecular weight excluding hydrogens is 304 g/mol. The summed E-state index contributed by atoms with van der Waals surface area (Å²) in [6.45, 7) is 3.59. The minimum atomic E-state index is -0.587. The van der Waals surface area contributed by atoms with Crippen LogP contribution >= 0.6 is 0 Å². The summed E-state index contributed by atoms with van der Waals surface area (Å²) in [5, 5.41) is 20.7. The van der Waals surface area contributed by atoms with Gasteiger partial charge in [0.25, 0.3) is 0 Å². The molecule has 0 spiro atoms. The fourth-order valence-corrected chi connectivity index (χ4v) is 5.78. The Morgan fingerprint density at radius 1 is 1.29 bits per heavy atom. The molecule has 4 rings (SSSR count). The van der Waals surface area contributed by atoms with E-state index in [9.17, 15) is 15.0 Å². The minimum absolute atomic E-state index is 0.143. The third kappa shape index (κ3) is 2.31. The number of aryl methyl sites for hydroxylation is 1. The number of rotatable bonds is 1. The summed E-state index contributed by atoms with van der Waals surface area (Å²) >= 11 is 0. The molecule has 2 N–H and O–H groups in total. The zero-order valence-corrected chi connectivity index (χ0v) is 14.4. The first-order valence-electron chi connectivity index (χ1n) is 9.07. The summed E-state index contributed by atoms with van der Waals surface area (Å²) in [4.78, 5) is 11.2. The highest BCUT2D eigenvalue weighted by Gasteiger charge is 2.57. The van der Waals surface area contributed by atoms with Gasteiger partial charge in [0, 0.05) is 6.92 Å². The molecule has 4 nitrogen and oxygen atoms in total. The van der Waals surface area contributed by atoms with Crippen molar-refractivity contribution in [2.45, 2.75) is 64.1 Å². The van der Waals surface area contributed by atoms with Gasteiger partial charge >= 0.3 is 5.97 Å². The number of aliphatic hydroxyl groups excluding tert-OH is 2. The SMILES string of the molecule is CC(=O)Oc1ccc2c(c1)CC[C@@H]1[C@@H]2CC[C@]2(C)[C@@H](O)C(O)C[C@@H]12. The van der Waals surface area contributed by atoms with E-state index in [-0.39, 0.29) is 11.4 Å². The van der Waals surface area contributed by atoms with Gasteiger partial charge < -0.3 is 14.9 Å². The highest BCUT2D eigenvalue weighted by molar-refractivity contribution is 5.69. The summed E-state index contributed by atoms with van der Waals surface area (Å²) in [7, 11) is 0. The number of ether oxygens (including phenoxy) is 1. The van der Waals surface area contributed by atoms with Gasteiger partial charge in [-0.15, -0.1) is 0 Å². The van der Waals surface area contributed by atoms with Crippen LogP contribution in [0.3, 0.4) is 0 Å². The molecule has 1 aromatic carbocycles. The maximum atomic E-state index is 11.2. The van der Waals surface area contributed by atoms with E-state index >= 15 is 0 Å². The molecule has 130 valence electrons. The minimum Gasteiger partial charge on any atom is -0.427 e. The van der Waals surface area contributed by atoms with Crippen LogP contribution in [0.2, 0.25) is 0 Å². The second-order valence-electron chi connectivity index (χ2n) is 8.16. The average Bonchev–Trinajstić information content (AvgIpc) is 2.77. The number of carbonyl (C=O) groups is 1. The van der Waals surface area contributed by atoms with Gasteiger partial charge in [0.1, 0.15) is 5.75 Å². The van der Waals surface area contributed by atoms with E-state index in [0.717, 1.165) is 32.1 Å². The van der Waals surface area contributed by atoms with Crippen molar-refractivity contribution in [3.63, 3.8) is 0 Å². The lowest BCUT2D eigenvalue weighted by Gasteiger charge is -2.49. The molecule has 0 radical (unpaired) electrons.